The second-order valence-electron chi connectivity index (χ2n) is 19.2. The number of pyridine rings is 1. The molecule has 326 valence electrons. The number of ether oxygens (including phenoxy) is 1. The van der Waals surface area contributed by atoms with Crippen molar-refractivity contribution in [1.29, 1.82) is 0 Å². The topological polar surface area (TPSA) is 38.5 Å². The second-order valence-corrected chi connectivity index (χ2v) is 19.2. The maximum Gasteiger partial charge on any atom is 0.135 e. The van der Waals surface area contributed by atoms with Gasteiger partial charge in [-0.25, -0.2) is 4.98 Å². The first-order valence-corrected chi connectivity index (χ1v) is 22.1. The molecular weight excluding hydrogens is 978 g/mol. The molecule has 0 atom stereocenters. The van der Waals surface area contributed by atoms with Crippen LogP contribution in [-0.4, -0.2) is 14.1 Å². The molecule has 10 aromatic rings. The summed E-state index contributed by atoms with van der Waals surface area (Å²) in [7, 11) is 0. The van der Waals surface area contributed by atoms with E-state index in [1.807, 2.05) is 24.4 Å². The maximum absolute atomic E-state index is 6.75. The minimum Gasteiger partial charge on any atom is -0.509 e. The molecule has 0 radical (unpaired) electrons. The molecule has 3 aromatic heterocycles. The summed E-state index contributed by atoms with van der Waals surface area (Å²) in [5.41, 5.74) is 14.7. The van der Waals surface area contributed by atoms with Crippen molar-refractivity contribution in [2.24, 2.45) is 0 Å². The van der Waals surface area contributed by atoms with E-state index in [1.165, 1.54) is 38.7 Å². The van der Waals surface area contributed by atoms with Gasteiger partial charge < -0.3 is 23.7 Å². The van der Waals surface area contributed by atoms with Gasteiger partial charge in [-0.05, 0) is 107 Å². The molecule has 1 aliphatic heterocycles. The van der Waals surface area contributed by atoms with Gasteiger partial charge in [0.15, 0.2) is 0 Å². The molecule has 0 bridgehead atoms. The summed E-state index contributed by atoms with van der Waals surface area (Å²) in [6, 6.07) is 59.0. The Morgan fingerprint density at radius 1 is 0.538 bits per heavy atom. The Morgan fingerprint density at radius 3 is 1.89 bits per heavy atom. The third kappa shape index (κ3) is 7.10. The Kier molecular flexibility index (Phi) is 10.3. The monoisotopic (exact) mass is 1030 g/mol. The molecule has 65 heavy (non-hydrogen) atoms. The van der Waals surface area contributed by atoms with E-state index in [2.05, 4.69) is 221 Å². The Morgan fingerprint density at radius 2 is 1.17 bits per heavy atom. The Hall–Kier alpha value is -6.62. The van der Waals surface area contributed by atoms with E-state index < -0.39 is 0 Å². The second kappa shape index (κ2) is 15.8. The predicted molar refractivity (Wildman–Crippen MR) is 265 cm³/mol. The molecule has 4 heterocycles. The average molecular weight is 1030 g/mol. The molecule has 0 unspecified atom stereocenters. The van der Waals surface area contributed by atoms with Crippen LogP contribution in [-0.2, 0) is 31.9 Å². The molecular formula is C58H50N5OPt-3. The van der Waals surface area contributed by atoms with Crippen LogP contribution < -0.4 is 14.5 Å². The minimum atomic E-state index is -0.0650. The largest absolute Gasteiger partial charge is 0.509 e. The number of fused-ring (bicyclic) bond motifs is 8. The van der Waals surface area contributed by atoms with Gasteiger partial charge in [-0.2, -0.15) is 12.1 Å². The van der Waals surface area contributed by atoms with E-state index in [1.54, 1.807) is 0 Å². The van der Waals surface area contributed by atoms with Crippen LogP contribution in [0.4, 0.5) is 22.7 Å². The summed E-state index contributed by atoms with van der Waals surface area (Å²) in [6.45, 7) is 20.1. The van der Waals surface area contributed by atoms with Gasteiger partial charge in [0, 0.05) is 77.8 Å². The zero-order valence-electron chi connectivity index (χ0n) is 38.0. The molecule has 11 rings (SSSR count). The molecule has 0 N–H and O–H groups in total. The first-order valence-electron chi connectivity index (χ1n) is 22.1. The van der Waals surface area contributed by atoms with E-state index in [0.29, 0.717) is 11.5 Å². The van der Waals surface area contributed by atoms with E-state index in [9.17, 15) is 0 Å². The van der Waals surface area contributed by atoms with Gasteiger partial charge in [-0.1, -0.05) is 108 Å². The fourth-order valence-corrected chi connectivity index (χ4v) is 9.64. The third-order valence-corrected chi connectivity index (χ3v) is 12.8. The molecule has 7 heteroatoms. The number of nitrogens with zero attached hydrogens (tertiary/aromatic N) is 5. The smallest absolute Gasteiger partial charge is 0.135 e. The number of hydrogen-bond donors (Lipinski definition) is 0. The summed E-state index contributed by atoms with van der Waals surface area (Å²) in [4.78, 5) is 9.52. The van der Waals surface area contributed by atoms with E-state index in [4.69, 9.17) is 9.72 Å². The summed E-state index contributed by atoms with van der Waals surface area (Å²) in [6.07, 6.45) is 1.92. The van der Waals surface area contributed by atoms with Crippen LogP contribution >= 0.6 is 0 Å². The third-order valence-electron chi connectivity index (χ3n) is 12.8. The summed E-state index contributed by atoms with van der Waals surface area (Å²) in [5, 5.41) is 4.63. The van der Waals surface area contributed by atoms with Crippen molar-refractivity contribution < 1.29 is 25.8 Å². The van der Waals surface area contributed by atoms with Crippen molar-refractivity contribution in [2.45, 2.75) is 66.2 Å². The van der Waals surface area contributed by atoms with Gasteiger partial charge in [-0.3, -0.25) is 0 Å². The molecule has 1 aliphatic rings. The van der Waals surface area contributed by atoms with E-state index >= 15 is 0 Å². The normalized spacial score (nSPS) is 13.0. The zero-order valence-corrected chi connectivity index (χ0v) is 40.2. The Balaban J connectivity index is 0.00000498. The number of hydrogen-bond acceptors (Lipinski definition) is 4. The quantitative estimate of drug-likeness (QED) is 0.156. The first kappa shape index (κ1) is 42.3. The first-order chi connectivity index (χ1) is 30.8. The number of benzene rings is 7. The summed E-state index contributed by atoms with van der Waals surface area (Å²) in [5.74, 6) is 2.03. The number of rotatable bonds is 6. The number of para-hydroxylation sites is 4. The van der Waals surface area contributed by atoms with Gasteiger partial charge in [-0.15, -0.1) is 48.1 Å². The fraction of sp³-hybridized carbons (Fsp3) is 0.172. The zero-order chi connectivity index (χ0) is 44.1. The van der Waals surface area contributed by atoms with Crippen LogP contribution in [0.15, 0.2) is 152 Å². The number of anilines is 4. The molecule has 0 fully saturated rings. The molecule has 0 aliphatic carbocycles. The van der Waals surface area contributed by atoms with Gasteiger partial charge in [0.05, 0.1) is 11.0 Å². The van der Waals surface area contributed by atoms with Crippen molar-refractivity contribution in [3.05, 3.63) is 193 Å². The average Bonchev–Trinajstić information content (AvgIpc) is 3.94. The van der Waals surface area contributed by atoms with Gasteiger partial charge >= 0.3 is 0 Å². The fourth-order valence-electron chi connectivity index (χ4n) is 9.64. The predicted octanol–water partition coefficient (Wildman–Crippen LogP) is 15.3. The van der Waals surface area contributed by atoms with Crippen molar-refractivity contribution >= 4 is 66.4 Å². The summed E-state index contributed by atoms with van der Waals surface area (Å²) < 4.78 is 11.4. The van der Waals surface area contributed by atoms with Crippen LogP contribution in [0, 0.1) is 32.6 Å². The molecule has 0 saturated heterocycles. The van der Waals surface area contributed by atoms with Gasteiger partial charge in [0.1, 0.15) is 5.82 Å². The van der Waals surface area contributed by atoms with Crippen molar-refractivity contribution in [1.82, 2.24) is 14.1 Å². The SMILES string of the molecule is Cc1cc(C(C)(C)C)cc(C)c1N1[CH-]N(c2[c-]c(Oc3[c-]c4c(cc3)c3c5c6ccccc6n(-c6ccccc6)c5ccc3n4-c3cc(C(C)(C)C)ccn3)ccc2)c2ccccc21.[Pt]. The molecule has 7 aromatic carbocycles. The van der Waals surface area contributed by atoms with Gasteiger partial charge in [0.25, 0.3) is 0 Å². The molecule has 0 saturated carbocycles. The van der Waals surface area contributed by atoms with Crippen LogP contribution in [0.2, 0.25) is 0 Å². The van der Waals surface area contributed by atoms with Crippen LogP contribution in [0.1, 0.15) is 63.8 Å². The molecule has 0 amide bonds. The molecule has 6 nitrogen and oxygen atoms in total. The van der Waals surface area contributed by atoms with Crippen LogP contribution in [0.3, 0.4) is 0 Å². The van der Waals surface area contributed by atoms with Crippen molar-refractivity contribution in [3.8, 4) is 23.0 Å². The van der Waals surface area contributed by atoms with Crippen LogP contribution in [0.5, 0.6) is 11.5 Å². The summed E-state index contributed by atoms with van der Waals surface area (Å²) >= 11 is 0. The van der Waals surface area contributed by atoms with Crippen molar-refractivity contribution in [2.75, 3.05) is 9.80 Å². The van der Waals surface area contributed by atoms with E-state index in [0.717, 1.165) is 61.4 Å². The molecule has 0 spiro atoms. The number of aryl methyl sites for hydroxylation is 2. The van der Waals surface area contributed by atoms with Gasteiger partial charge in [0.2, 0.25) is 0 Å². The Bertz CT molecular complexity index is 3440. The van der Waals surface area contributed by atoms with Crippen LogP contribution in [0.25, 0.3) is 55.1 Å². The minimum absolute atomic E-state index is 0. The number of aromatic nitrogens is 3. The van der Waals surface area contributed by atoms with Crippen molar-refractivity contribution in [3.63, 3.8) is 0 Å². The maximum atomic E-state index is 6.75. The standard InChI is InChI=1S/C58H50N5O.Pt/c1-37-31-40(58(6,7)8)32-38(2)56(37)61-36-60(48-23-14-15-24-49(48)61)42-19-16-20-43(34-42)64-44-25-26-46-52(35-44)63(53-33-39(29-30-59-53)57(3,4)5)51-28-27-50-54(55(46)51)45-21-12-13-22-47(45)62(50)41-17-10-9-11-18-41;/h9-33,36H,1-8H3;/q-3;. The van der Waals surface area contributed by atoms with E-state index in [-0.39, 0.29) is 31.9 Å². The Labute approximate surface area is 396 Å².